The van der Waals surface area contributed by atoms with Crippen molar-refractivity contribution in [3.63, 3.8) is 0 Å². The second-order valence-corrected chi connectivity index (χ2v) is 4.44. The molecule has 1 heterocycles. The summed E-state index contributed by atoms with van der Waals surface area (Å²) in [6, 6.07) is 4.10. The normalized spacial score (nSPS) is 14.9. The van der Waals surface area contributed by atoms with Crippen molar-refractivity contribution in [2.45, 2.75) is 52.1 Å². The van der Waals surface area contributed by atoms with Crippen molar-refractivity contribution in [3.8, 4) is 0 Å². The van der Waals surface area contributed by atoms with Gasteiger partial charge in [-0.05, 0) is 31.4 Å². The fraction of sp³-hybridized carbons (Fsp3) is 0.615. The molecule has 0 amide bonds. The van der Waals surface area contributed by atoms with Gasteiger partial charge < -0.3 is 5.11 Å². The van der Waals surface area contributed by atoms with Crippen molar-refractivity contribution < 1.29 is 5.11 Å². The van der Waals surface area contributed by atoms with E-state index in [9.17, 15) is 5.11 Å². The van der Waals surface area contributed by atoms with Crippen LogP contribution in [0.15, 0.2) is 18.3 Å². The molecule has 84 valence electrons. The second-order valence-electron chi connectivity index (χ2n) is 4.44. The summed E-state index contributed by atoms with van der Waals surface area (Å²) in [5.74, 6) is 0. The predicted octanol–water partition coefficient (Wildman–Crippen LogP) is 2.74. The van der Waals surface area contributed by atoms with Crippen molar-refractivity contribution >= 4 is 0 Å². The Labute approximate surface area is 92.4 Å². The van der Waals surface area contributed by atoms with Crippen LogP contribution >= 0.6 is 0 Å². The number of pyridine rings is 1. The minimum atomic E-state index is -0.616. The molecule has 0 spiro atoms. The third kappa shape index (κ3) is 4.00. The van der Waals surface area contributed by atoms with Gasteiger partial charge in [-0.1, -0.05) is 26.3 Å². The van der Waals surface area contributed by atoms with E-state index in [1.54, 1.807) is 0 Å². The molecule has 2 nitrogen and oxygen atoms in total. The molecule has 0 saturated heterocycles. The fourth-order valence-corrected chi connectivity index (χ4v) is 1.79. The van der Waals surface area contributed by atoms with E-state index in [0.29, 0.717) is 6.42 Å². The van der Waals surface area contributed by atoms with Crippen LogP contribution in [0.3, 0.4) is 0 Å². The van der Waals surface area contributed by atoms with Crippen LogP contribution in [0.25, 0.3) is 0 Å². The summed E-state index contributed by atoms with van der Waals surface area (Å²) in [6.07, 6.45) is 5.38. The number of aromatic nitrogens is 1. The molecule has 1 aromatic rings. The van der Waals surface area contributed by atoms with E-state index >= 15 is 0 Å². The topological polar surface area (TPSA) is 33.1 Å². The highest BCUT2D eigenvalue weighted by molar-refractivity contribution is 5.15. The van der Waals surface area contributed by atoms with E-state index in [1.807, 2.05) is 19.2 Å². The molecule has 0 fully saturated rings. The van der Waals surface area contributed by atoms with Crippen LogP contribution in [-0.2, 0) is 12.8 Å². The molecule has 1 atom stereocenters. The van der Waals surface area contributed by atoms with Crippen LogP contribution in [-0.4, -0.2) is 15.7 Å². The Balaban J connectivity index is 2.64. The Hall–Kier alpha value is -0.890. The lowest BCUT2D eigenvalue weighted by molar-refractivity contribution is 0.0496. The van der Waals surface area contributed by atoms with Crippen molar-refractivity contribution in [1.82, 2.24) is 4.98 Å². The molecule has 1 N–H and O–H groups in total. The molecule has 15 heavy (non-hydrogen) atoms. The number of hydrogen-bond donors (Lipinski definition) is 1. The number of hydrogen-bond acceptors (Lipinski definition) is 2. The van der Waals surface area contributed by atoms with Gasteiger partial charge in [-0.3, -0.25) is 4.98 Å². The van der Waals surface area contributed by atoms with Gasteiger partial charge in [0.15, 0.2) is 0 Å². The Morgan fingerprint density at radius 2 is 2.07 bits per heavy atom. The third-order valence-corrected chi connectivity index (χ3v) is 2.64. The van der Waals surface area contributed by atoms with Crippen LogP contribution < -0.4 is 0 Å². The van der Waals surface area contributed by atoms with Gasteiger partial charge in [-0.2, -0.15) is 0 Å². The summed E-state index contributed by atoms with van der Waals surface area (Å²) in [5.41, 5.74) is 1.61. The molecule has 0 aliphatic carbocycles. The van der Waals surface area contributed by atoms with Gasteiger partial charge in [0, 0.05) is 18.3 Å². The van der Waals surface area contributed by atoms with Gasteiger partial charge in [0.05, 0.1) is 5.60 Å². The summed E-state index contributed by atoms with van der Waals surface area (Å²) >= 11 is 0. The highest BCUT2D eigenvalue weighted by Gasteiger charge is 2.19. The van der Waals surface area contributed by atoms with Gasteiger partial charge in [0.2, 0.25) is 0 Å². The number of rotatable bonds is 5. The van der Waals surface area contributed by atoms with E-state index in [2.05, 4.69) is 24.9 Å². The summed E-state index contributed by atoms with van der Waals surface area (Å²) in [5, 5.41) is 10.1. The Bertz CT molecular complexity index is 290. The van der Waals surface area contributed by atoms with E-state index < -0.39 is 5.60 Å². The smallest absolute Gasteiger partial charge is 0.0674 e. The van der Waals surface area contributed by atoms with Gasteiger partial charge in [0.1, 0.15) is 0 Å². The van der Waals surface area contributed by atoms with Crippen LogP contribution in [0.5, 0.6) is 0 Å². The average molecular weight is 207 g/mol. The third-order valence-electron chi connectivity index (χ3n) is 2.64. The molecule has 1 unspecified atom stereocenters. The highest BCUT2D eigenvalue weighted by atomic mass is 16.3. The van der Waals surface area contributed by atoms with E-state index in [0.717, 1.165) is 25.0 Å². The summed E-state index contributed by atoms with van der Waals surface area (Å²) in [7, 11) is 0. The first-order chi connectivity index (χ1) is 7.07. The second kappa shape index (κ2) is 5.26. The largest absolute Gasteiger partial charge is 0.390 e. The Kier molecular flexibility index (Phi) is 4.28. The summed E-state index contributed by atoms with van der Waals surface area (Å²) < 4.78 is 0. The quantitative estimate of drug-likeness (QED) is 0.805. The van der Waals surface area contributed by atoms with Crippen molar-refractivity contribution in [3.05, 3.63) is 29.6 Å². The number of nitrogens with zero attached hydrogens (tertiary/aromatic N) is 1. The SMILES string of the molecule is CCCC(C)(O)Cc1ccc(CC)cn1. The lowest BCUT2D eigenvalue weighted by Crippen LogP contribution is -2.27. The lowest BCUT2D eigenvalue weighted by atomic mass is 9.94. The zero-order valence-electron chi connectivity index (χ0n) is 9.95. The molecular weight excluding hydrogens is 186 g/mol. The molecule has 1 aromatic heterocycles. The maximum absolute atomic E-state index is 10.1. The molecule has 2 heteroatoms. The van der Waals surface area contributed by atoms with E-state index in [-0.39, 0.29) is 0 Å². The van der Waals surface area contributed by atoms with Gasteiger partial charge in [-0.15, -0.1) is 0 Å². The van der Waals surface area contributed by atoms with Gasteiger partial charge >= 0.3 is 0 Å². The molecule has 1 rings (SSSR count). The molecule has 0 radical (unpaired) electrons. The molecular formula is C13H21NO. The maximum Gasteiger partial charge on any atom is 0.0674 e. The van der Waals surface area contributed by atoms with Gasteiger partial charge in [-0.25, -0.2) is 0 Å². The molecule has 0 bridgehead atoms. The zero-order chi connectivity index (χ0) is 11.3. The van der Waals surface area contributed by atoms with Crippen LogP contribution in [0.4, 0.5) is 0 Å². The predicted molar refractivity (Wildman–Crippen MR) is 62.9 cm³/mol. The van der Waals surface area contributed by atoms with Crippen LogP contribution in [0.2, 0.25) is 0 Å². The number of aliphatic hydroxyl groups is 1. The summed E-state index contributed by atoms with van der Waals surface area (Å²) in [4.78, 5) is 4.36. The first-order valence-corrected chi connectivity index (χ1v) is 5.73. The maximum atomic E-state index is 10.1. The van der Waals surface area contributed by atoms with Crippen molar-refractivity contribution in [1.29, 1.82) is 0 Å². The van der Waals surface area contributed by atoms with Gasteiger partial charge in [0.25, 0.3) is 0 Å². The monoisotopic (exact) mass is 207 g/mol. The van der Waals surface area contributed by atoms with Crippen molar-refractivity contribution in [2.24, 2.45) is 0 Å². The fourth-order valence-electron chi connectivity index (χ4n) is 1.79. The first kappa shape index (κ1) is 12.2. The Morgan fingerprint density at radius 3 is 2.53 bits per heavy atom. The minimum absolute atomic E-state index is 0.616. The highest BCUT2D eigenvalue weighted by Crippen LogP contribution is 2.17. The summed E-state index contributed by atoms with van der Waals surface area (Å²) in [6.45, 7) is 6.08. The van der Waals surface area contributed by atoms with Crippen LogP contribution in [0.1, 0.15) is 44.9 Å². The molecule has 0 saturated carbocycles. The lowest BCUT2D eigenvalue weighted by Gasteiger charge is -2.22. The molecule has 0 aliphatic rings. The minimum Gasteiger partial charge on any atom is -0.390 e. The first-order valence-electron chi connectivity index (χ1n) is 5.73. The average Bonchev–Trinajstić information content (AvgIpc) is 2.18. The van der Waals surface area contributed by atoms with Crippen molar-refractivity contribution in [2.75, 3.05) is 0 Å². The standard InChI is InChI=1S/C13H21NO/c1-4-8-13(3,15)9-12-7-6-11(5-2)10-14-12/h6-7,10,15H,4-5,8-9H2,1-3H3. The van der Waals surface area contributed by atoms with E-state index in [4.69, 9.17) is 0 Å². The Morgan fingerprint density at radius 1 is 1.33 bits per heavy atom. The van der Waals surface area contributed by atoms with Crippen LogP contribution in [0, 0.1) is 0 Å². The molecule has 0 aromatic carbocycles. The number of aryl methyl sites for hydroxylation is 1. The molecule has 0 aliphatic heterocycles. The van der Waals surface area contributed by atoms with E-state index in [1.165, 1.54) is 5.56 Å². The zero-order valence-corrected chi connectivity index (χ0v) is 9.95.